The Bertz CT molecular complexity index is 1070. The van der Waals surface area contributed by atoms with Gasteiger partial charge in [-0.3, -0.25) is 4.79 Å². The van der Waals surface area contributed by atoms with Crippen LogP contribution in [0.25, 0.3) is 11.3 Å². The number of nitrogens with one attached hydrogen (secondary N) is 1. The molecule has 0 saturated carbocycles. The molecule has 2 heterocycles. The molecule has 0 fully saturated rings. The normalized spacial score (nSPS) is 13.0. The molecule has 4 rings (SSSR count). The smallest absolute Gasteiger partial charge is 0.341 e. The highest BCUT2D eigenvalue weighted by molar-refractivity contribution is 7.17. The molecule has 0 unspecified atom stereocenters. The summed E-state index contributed by atoms with van der Waals surface area (Å²) >= 11 is 1.45. The monoisotopic (exact) mass is 410 g/mol. The molecule has 29 heavy (non-hydrogen) atoms. The molecule has 1 N–H and O–H groups in total. The van der Waals surface area contributed by atoms with Crippen molar-refractivity contribution in [1.82, 2.24) is 5.16 Å². The Hall–Kier alpha value is -2.93. The van der Waals surface area contributed by atoms with Gasteiger partial charge in [-0.25, -0.2) is 4.79 Å². The molecule has 0 bridgehead atoms. The molecular formula is C22H22N2O4S. The predicted molar refractivity (Wildman–Crippen MR) is 112 cm³/mol. The van der Waals surface area contributed by atoms with Crippen LogP contribution in [0.1, 0.15) is 56.6 Å². The third kappa shape index (κ3) is 3.82. The molecule has 1 aromatic carbocycles. The first-order valence-corrected chi connectivity index (χ1v) is 10.6. The Labute approximate surface area is 172 Å². The minimum absolute atomic E-state index is 0.171. The van der Waals surface area contributed by atoms with Crippen LogP contribution in [0.4, 0.5) is 5.00 Å². The molecule has 6 nitrogen and oxygen atoms in total. The van der Waals surface area contributed by atoms with E-state index in [0.717, 1.165) is 47.3 Å². The van der Waals surface area contributed by atoms with Crippen LogP contribution in [-0.4, -0.2) is 23.6 Å². The number of carbonyl (C=O) groups excluding carboxylic acids is 2. The predicted octanol–water partition coefficient (Wildman–Crippen LogP) is 5.02. The minimum atomic E-state index is -0.405. The fourth-order valence-electron chi connectivity index (χ4n) is 3.60. The van der Waals surface area contributed by atoms with Crippen molar-refractivity contribution in [2.75, 3.05) is 11.9 Å². The SMILES string of the molecule is CCOC(=O)c1c(NC(=O)c2cc(-c3ccccc3C)on2)sc2c1CCCC2. The van der Waals surface area contributed by atoms with Gasteiger partial charge < -0.3 is 14.6 Å². The molecule has 0 atom stereocenters. The number of benzene rings is 1. The summed E-state index contributed by atoms with van der Waals surface area (Å²) in [7, 11) is 0. The van der Waals surface area contributed by atoms with E-state index < -0.39 is 5.91 Å². The summed E-state index contributed by atoms with van der Waals surface area (Å²) in [4.78, 5) is 26.5. The van der Waals surface area contributed by atoms with Gasteiger partial charge in [-0.15, -0.1) is 11.3 Å². The maximum Gasteiger partial charge on any atom is 0.341 e. The largest absolute Gasteiger partial charge is 0.462 e. The summed E-state index contributed by atoms with van der Waals surface area (Å²) in [5.41, 5.74) is 3.59. The lowest BCUT2D eigenvalue weighted by atomic mass is 9.95. The molecule has 1 aliphatic carbocycles. The lowest BCUT2D eigenvalue weighted by molar-refractivity contribution is 0.0526. The molecule has 2 aromatic heterocycles. The fourth-order valence-corrected chi connectivity index (χ4v) is 4.87. The maximum absolute atomic E-state index is 12.8. The number of carbonyl (C=O) groups is 2. The summed E-state index contributed by atoms with van der Waals surface area (Å²) < 4.78 is 10.6. The summed E-state index contributed by atoms with van der Waals surface area (Å²) in [5.74, 6) is -0.259. The summed E-state index contributed by atoms with van der Waals surface area (Å²) in [6.07, 6.45) is 3.87. The van der Waals surface area contributed by atoms with Gasteiger partial charge in [-0.1, -0.05) is 29.4 Å². The number of hydrogen-bond acceptors (Lipinski definition) is 6. The van der Waals surface area contributed by atoms with Gasteiger partial charge in [0.15, 0.2) is 11.5 Å². The molecule has 1 amide bonds. The number of thiophene rings is 1. The Kier molecular flexibility index (Phi) is 5.49. The molecule has 0 saturated heterocycles. The van der Waals surface area contributed by atoms with Crippen molar-refractivity contribution in [1.29, 1.82) is 0 Å². The van der Waals surface area contributed by atoms with E-state index in [2.05, 4.69) is 10.5 Å². The van der Waals surface area contributed by atoms with E-state index >= 15 is 0 Å². The van der Waals surface area contributed by atoms with Crippen LogP contribution in [0, 0.1) is 6.92 Å². The molecule has 0 spiro atoms. The van der Waals surface area contributed by atoms with Crippen molar-refractivity contribution in [3.63, 3.8) is 0 Å². The number of nitrogens with zero attached hydrogens (tertiary/aromatic N) is 1. The second-order valence-electron chi connectivity index (χ2n) is 6.98. The zero-order valence-corrected chi connectivity index (χ0v) is 17.2. The van der Waals surface area contributed by atoms with Crippen LogP contribution in [-0.2, 0) is 17.6 Å². The van der Waals surface area contributed by atoms with Gasteiger partial charge in [0.25, 0.3) is 5.91 Å². The lowest BCUT2D eigenvalue weighted by Gasteiger charge is -2.12. The average molecular weight is 410 g/mol. The van der Waals surface area contributed by atoms with Gasteiger partial charge in [0.1, 0.15) is 5.00 Å². The van der Waals surface area contributed by atoms with Crippen LogP contribution in [0.3, 0.4) is 0 Å². The minimum Gasteiger partial charge on any atom is -0.462 e. The van der Waals surface area contributed by atoms with Crippen LogP contribution in [0.15, 0.2) is 34.9 Å². The summed E-state index contributed by atoms with van der Waals surface area (Å²) in [6, 6.07) is 9.36. The third-order valence-corrected chi connectivity index (χ3v) is 6.24. The number of fused-ring (bicyclic) bond motifs is 1. The van der Waals surface area contributed by atoms with Crippen molar-refractivity contribution in [2.45, 2.75) is 39.5 Å². The molecular weight excluding hydrogens is 388 g/mol. The molecule has 3 aromatic rings. The Morgan fingerprint density at radius 1 is 1.24 bits per heavy atom. The van der Waals surface area contributed by atoms with Crippen LogP contribution in [0.2, 0.25) is 0 Å². The number of amides is 1. The third-order valence-electron chi connectivity index (χ3n) is 5.03. The first-order chi connectivity index (χ1) is 14.1. The van der Waals surface area contributed by atoms with E-state index in [1.807, 2.05) is 31.2 Å². The first kappa shape index (κ1) is 19.4. The quantitative estimate of drug-likeness (QED) is 0.597. The van der Waals surface area contributed by atoms with Crippen LogP contribution >= 0.6 is 11.3 Å². The van der Waals surface area contributed by atoms with Gasteiger partial charge in [-0.2, -0.15) is 0 Å². The highest BCUT2D eigenvalue weighted by atomic mass is 32.1. The van der Waals surface area contributed by atoms with Gasteiger partial charge >= 0.3 is 5.97 Å². The van der Waals surface area contributed by atoms with Gasteiger partial charge in [0.05, 0.1) is 12.2 Å². The molecule has 1 aliphatic rings. The van der Waals surface area contributed by atoms with Gasteiger partial charge in [0, 0.05) is 16.5 Å². The fraction of sp³-hybridized carbons (Fsp3) is 0.318. The number of esters is 1. The Morgan fingerprint density at radius 3 is 2.83 bits per heavy atom. The number of ether oxygens (including phenoxy) is 1. The number of anilines is 1. The van der Waals surface area contributed by atoms with E-state index in [1.54, 1.807) is 13.0 Å². The number of hydrogen-bond donors (Lipinski definition) is 1. The van der Waals surface area contributed by atoms with Crippen molar-refractivity contribution in [3.8, 4) is 11.3 Å². The molecule has 150 valence electrons. The first-order valence-electron chi connectivity index (χ1n) is 9.74. The highest BCUT2D eigenvalue weighted by Crippen LogP contribution is 2.39. The molecule has 0 radical (unpaired) electrons. The second kappa shape index (κ2) is 8.21. The van der Waals surface area contributed by atoms with Crippen molar-refractivity contribution in [3.05, 3.63) is 57.6 Å². The second-order valence-corrected chi connectivity index (χ2v) is 8.09. The topological polar surface area (TPSA) is 81.4 Å². The summed E-state index contributed by atoms with van der Waals surface area (Å²) in [6.45, 7) is 4.04. The van der Waals surface area contributed by atoms with E-state index in [1.165, 1.54) is 11.3 Å². The molecule has 0 aliphatic heterocycles. The lowest BCUT2D eigenvalue weighted by Crippen LogP contribution is -2.16. The van der Waals surface area contributed by atoms with Gasteiger partial charge in [-0.05, 0) is 50.7 Å². The molecule has 7 heteroatoms. The van der Waals surface area contributed by atoms with Crippen LogP contribution < -0.4 is 5.32 Å². The maximum atomic E-state index is 12.8. The van der Waals surface area contributed by atoms with E-state index in [4.69, 9.17) is 9.26 Å². The van der Waals surface area contributed by atoms with Crippen molar-refractivity contribution >= 4 is 28.2 Å². The Morgan fingerprint density at radius 2 is 2.03 bits per heavy atom. The van der Waals surface area contributed by atoms with Crippen molar-refractivity contribution < 1.29 is 18.8 Å². The number of rotatable bonds is 5. The highest BCUT2D eigenvalue weighted by Gasteiger charge is 2.28. The van der Waals surface area contributed by atoms with E-state index in [9.17, 15) is 9.59 Å². The van der Waals surface area contributed by atoms with E-state index in [0.29, 0.717) is 22.9 Å². The van der Waals surface area contributed by atoms with Gasteiger partial charge in [0.2, 0.25) is 0 Å². The summed E-state index contributed by atoms with van der Waals surface area (Å²) in [5, 5.41) is 7.31. The Balaban J connectivity index is 1.61. The number of aryl methyl sites for hydroxylation is 2. The zero-order valence-electron chi connectivity index (χ0n) is 16.4. The van der Waals surface area contributed by atoms with Crippen LogP contribution in [0.5, 0.6) is 0 Å². The average Bonchev–Trinajstić information content (AvgIpc) is 3.33. The van der Waals surface area contributed by atoms with E-state index in [-0.39, 0.29) is 11.7 Å². The zero-order chi connectivity index (χ0) is 20.4. The standard InChI is InChI=1S/C22H22N2O4S/c1-3-27-22(26)19-15-10-6-7-11-18(15)29-21(19)23-20(25)16-12-17(28-24-16)14-9-5-4-8-13(14)2/h4-5,8-9,12H,3,6-7,10-11H2,1-2H3,(H,23,25). The number of aromatic nitrogens is 1. The van der Waals surface area contributed by atoms with Crippen molar-refractivity contribution in [2.24, 2.45) is 0 Å².